The molecule has 0 saturated heterocycles. The van der Waals surface area contributed by atoms with E-state index in [1.54, 1.807) is 0 Å². The van der Waals surface area contributed by atoms with Crippen molar-refractivity contribution < 1.29 is 0 Å². The summed E-state index contributed by atoms with van der Waals surface area (Å²) in [6.45, 7) is 12.6. The first-order valence-corrected chi connectivity index (χ1v) is 5.23. The van der Waals surface area contributed by atoms with Gasteiger partial charge in [0.2, 0.25) is 0 Å². The van der Waals surface area contributed by atoms with Crippen LogP contribution in [-0.2, 0) is 0 Å². The largest absolute Gasteiger partial charge is 0.317 e. The third-order valence-corrected chi connectivity index (χ3v) is 2.09. The van der Waals surface area contributed by atoms with Crippen molar-refractivity contribution in [3.8, 4) is 0 Å². The van der Waals surface area contributed by atoms with Crippen molar-refractivity contribution in [3.63, 3.8) is 0 Å². The van der Waals surface area contributed by atoms with Gasteiger partial charge in [0.25, 0.3) is 0 Å². The predicted molar refractivity (Wildman–Crippen MR) is 61.0 cm³/mol. The van der Waals surface area contributed by atoms with E-state index >= 15 is 0 Å². The molecule has 0 aromatic carbocycles. The summed E-state index contributed by atoms with van der Waals surface area (Å²) in [4.78, 5) is 0. The van der Waals surface area contributed by atoms with E-state index in [0.29, 0.717) is 0 Å². The summed E-state index contributed by atoms with van der Waals surface area (Å²) in [5, 5.41) is 3.30. The van der Waals surface area contributed by atoms with E-state index in [1.807, 2.05) is 0 Å². The number of hydrogen-bond donors (Lipinski definition) is 1. The molecule has 0 aliphatic carbocycles. The van der Waals surface area contributed by atoms with Crippen LogP contribution >= 0.6 is 0 Å². The lowest BCUT2D eigenvalue weighted by Gasteiger charge is -2.03. The zero-order valence-corrected chi connectivity index (χ0v) is 9.32. The van der Waals surface area contributed by atoms with Crippen LogP contribution in [0.5, 0.6) is 0 Å². The molecule has 0 amide bonds. The summed E-state index contributed by atoms with van der Waals surface area (Å²) in [5.41, 5.74) is 2.78. The zero-order chi connectivity index (χ0) is 10.1. The van der Waals surface area contributed by atoms with Crippen LogP contribution in [0.1, 0.15) is 40.0 Å². The first kappa shape index (κ1) is 12.4. The van der Waals surface area contributed by atoms with Gasteiger partial charge in [0, 0.05) is 0 Å². The lowest BCUT2D eigenvalue weighted by molar-refractivity contribution is 0.724. The van der Waals surface area contributed by atoms with E-state index in [-0.39, 0.29) is 0 Å². The smallest absolute Gasteiger partial charge is 0.00143 e. The number of allylic oxidation sites excluding steroid dienone is 2. The maximum atomic E-state index is 4.00. The van der Waals surface area contributed by atoms with Crippen molar-refractivity contribution in [1.82, 2.24) is 5.32 Å². The summed E-state index contributed by atoms with van der Waals surface area (Å²) >= 11 is 0. The normalized spacial score (nSPS) is 11.8. The Balaban J connectivity index is 3.56. The summed E-state index contributed by atoms with van der Waals surface area (Å²) in [7, 11) is 0. The average molecular weight is 181 g/mol. The summed E-state index contributed by atoms with van der Waals surface area (Å²) in [5.74, 6) is 0. The van der Waals surface area contributed by atoms with Gasteiger partial charge in [-0.2, -0.15) is 0 Å². The molecule has 1 nitrogen and oxygen atoms in total. The van der Waals surface area contributed by atoms with Gasteiger partial charge in [-0.1, -0.05) is 37.6 Å². The Kier molecular flexibility index (Phi) is 7.71. The summed E-state index contributed by atoms with van der Waals surface area (Å²) in [6, 6.07) is 0. The summed E-state index contributed by atoms with van der Waals surface area (Å²) in [6.07, 6.45) is 5.61. The minimum Gasteiger partial charge on any atom is -0.317 e. The molecule has 0 unspecified atom stereocenters. The van der Waals surface area contributed by atoms with Gasteiger partial charge in [-0.05, 0) is 39.3 Å². The Hall–Kier alpha value is -0.560. The fourth-order valence-electron chi connectivity index (χ4n) is 1.19. The molecular weight excluding hydrogens is 158 g/mol. The second kappa shape index (κ2) is 8.06. The van der Waals surface area contributed by atoms with E-state index in [0.717, 1.165) is 32.4 Å². The number of rotatable bonds is 7. The highest BCUT2D eigenvalue weighted by molar-refractivity contribution is 5.10. The molecule has 0 radical (unpaired) electrons. The third-order valence-electron chi connectivity index (χ3n) is 2.09. The standard InChI is InChI=1S/C12H23N/c1-5-11(3)10-12(4)8-7-9-13-6-2/h8,13H,3,5-7,9-10H2,1-2,4H3. The first-order valence-electron chi connectivity index (χ1n) is 5.23. The zero-order valence-electron chi connectivity index (χ0n) is 9.32. The van der Waals surface area contributed by atoms with E-state index in [2.05, 4.69) is 38.7 Å². The van der Waals surface area contributed by atoms with E-state index < -0.39 is 0 Å². The van der Waals surface area contributed by atoms with E-state index in [9.17, 15) is 0 Å². The Morgan fingerprint density at radius 3 is 2.62 bits per heavy atom. The number of nitrogens with one attached hydrogen (secondary N) is 1. The van der Waals surface area contributed by atoms with Gasteiger partial charge in [-0.25, -0.2) is 0 Å². The van der Waals surface area contributed by atoms with Gasteiger partial charge in [-0.15, -0.1) is 0 Å². The van der Waals surface area contributed by atoms with Gasteiger partial charge in [0.15, 0.2) is 0 Å². The summed E-state index contributed by atoms with van der Waals surface area (Å²) < 4.78 is 0. The first-order chi connectivity index (χ1) is 6.20. The molecule has 0 spiro atoms. The van der Waals surface area contributed by atoms with Crippen molar-refractivity contribution in [1.29, 1.82) is 0 Å². The van der Waals surface area contributed by atoms with Crippen LogP contribution in [0.25, 0.3) is 0 Å². The molecule has 0 heterocycles. The van der Waals surface area contributed by atoms with Crippen LogP contribution in [0.2, 0.25) is 0 Å². The van der Waals surface area contributed by atoms with Gasteiger partial charge >= 0.3 is 0 Å². The Morgan fingerprint density at radius 1 is 1.38 bits per heavy atom. The molecule has 0 aliphatic heterocycles. The third kappa shape index (κ3) is 7.79. The predicted octanol–water partition coefficient (Wildman–Crippen LogP) is 3.29. The molecule has 0 aromatic rings. The average Bonchev–Trinajstić information content (AvgIpc) is 2.12. The molecule has 0 atom stereocenters. The maximum Gasteiger partial charge on any atom is -0.00143 e. The molecule has 0 aliphatic rings. The second-order valence-electron chi connectivity index (χ2n) is 3.47. The Morgan fingerprint density at radius 2 is 2.08 bits per heavy atom. The topological polar surface area (TPSA) is 12.0 Å². The minimum atomic E-state index is 1.06. The highest BCUT2D eigenvalue weighted by Gasteiger charge is 1.92. The molecule has 1 N–H and O–H groups in total. The van der Waals surface area contributed by atoms with Crippen molar-refractivity contribution in [2.45, 2.75) is 40.0 Å². The molecular formula is C12H23N. The molecule has 0 bridgehead atoms. The van der Waals surface area contributed by atoms with Crippen molar-refractivity contribution in [3.05, 3.63) is 23.8 Å². The highest BCUT2D eigenvalue weighted by Crippen LogP contribution is 2.11. The molecule has 0 fully saturated rings. The van der Waals surface area contributed by atoms with Crippen LogP contribution in [0.15, 0.2) is 23.8 Å². The van der Waals surface area contributed by atoms with Crippen LogP contribution in [0.4, 0.5) is 0 Å². The SMILES string of the molecule is C=C(CC)CC(C)=CCCNCC. The van der Waals surface area contributed by atoms with Crippen molar-refractivity contribution in [2.24, 2.45) is 0 Å². The molecule has 0 saturated carbocycles. The molecule has 0 aromatic heterocycles. The second-order valence-corrected chi connectivity index (χ2v) is 3.47. The fraction of sp³-hybridized carbons (Fsp3) is 0.667. The van der Waals surface area contributed by atoms with Gasteiger partial charge in [-0.3, -0.25) is 0 Å². The maximum absolute atomic E-state index is 4.00. The van der Waals surface area contributed by atoms with E-state index in [1.165, 1.54) is 11.1 Å². The van der Waals surface area contributed by atoms with E-state index in [4.69, 9.17) is 0 Å². The molecule has 76 valence electrons. The van der Waals surface area contributed by atoms with Crippen LogP contribution < -0.4 is 5.32 Å². The fourth-order valence-corrected chi connectivity index (χ4v) is 1.19. The quantitative estimate of drug-likeness (QED) is 0.469. The molecule has 13 heavy (non-hydrogen) atoms. The van der Waals surface area contributed by atoms with Crippen LogP contribution in [0, 0.1) is 0 Å². The van der Waals surface area contributed by atoms with Gasteiger partial charge in [0.05, 0.1) is 0 Å². The minimum absolute atomic E-state index is 1.06. The van der Waals surface area contributed by atoms with Crippen molar-refractivity contribution in [2.75, 3.05) is 13.1 Å². The van der Waals surface area contributed by atoms with Crippen molar-refractivity contribution >= 4 is 0 Å². The van der Waals surface area contributed by atoms with Gasteiger partial charge < -0.3 is 5.32 Å². The molecule has 0 rings (SSSR count). The monoisotopic (exact) mass is 181 g/mol. The van der Waals surface area contributed by atoms with Gasteiger partial charge in [0.1, 0.15) is 0 Å². The lowest BCUT2D eigenvalue weighted by atomic mass is 10.1. The Bertz CT molecular complexity index is 168. The highest BCUT2D eigenvalue weighted by atomic mass is 14.8. The lowest BCUT2D eigenvalue weighted by Crippen LogP contribution is -2.13. The molecule has 1 heteroatoms. The van der Waals surface area contributed by atoms with Crippen LogP contribution in [-0.4, -0.2) is 13.1 Å². The number of hydrogen-bond acceptors (Lipinski definition) is 1. The van der Waals surface area contributed by atoms with Crippen LogP contribution in [0.3, 0.4) is 0 Å². The Labute approximate surface area is 82.9 Å².